The van der Waals surface area contributed by atoms with E-state index in [1.807, 2.05) is 45.9 Å². The smallest absolute Gasteiger partial charge is 0.194 e. The van der Waals surface area contributed by atoms with Gasteiger partial charge in [0, 0.05) is 5.56 Å². The van der Waals surface area contributed by atoms with E-state index >= 15 is 0 Å². The van der Waals surface area contributed by atoms with E-state index in [0.717, 1.165) is 0 Å². The zero-order chi connectivity index (χ0) is 12.4. The number of carbonyl (C=O) groups excluding carboxylic acids is 1. The summed E-state index contributed by atoms with van der Waals surface area (Å²) in [6, 6.07) is 8.97. The lowest BCUT2D eigenvalue weighted by Gasteiger charge is -2.38. The Morgan fingerprint density at radius 3 is 2.06 bits per heavy atom. The van der Waals surface area contributed by atoms with Crippen LogP contribution in [-0.4, -0.2) is 16.5 Å². The maximum atomic E-state index is 12.3. The van der Waals surface area contributed by atoms with Crippen molar-refractivity contribution in [2.75, 3.05) is 0 Å². The zero-order valence-electron chi connectivity index (χ0n) is 10.4. The minimum Gasteiger partial charge on any atom is -0.381 e. The first-order valence-electron chi connectivity index (χ1n) is 5.65. The van der Waals surface area contributed by atoms with E-state index in [0.29, 0.717) is 12.0 Å². The van der Waals surface area contributed by atoms with Crippen molar-refractivity contribution in [2.24, 2.45) is 5.41 Å². The third kappa shape index (κ3) is 2.17. The number of hydrogen-bond donors (Lipinski definition) is 1. The Kier molecular flexibility index (Phi) is 3.54. The van der Waals surface area contributed by atoms with Gasteiger partial charge in [0.25, 0.3) is 0 Å². The molecule has 0 amide bonds. The second-order valence-electron chi connectivity index (χ2n) is 5.16. The van der Waals surface area contributed by atoms with Gasteiger partial charge in [-0.05, 0) is 11.8 Å². The Morgan fingerprint density at radius 2 is 1.69 bits per heavy atom. The number of ketones is 1. The predicted octanol–water partition coefficient (Wildman–Crippen LogP) is 3.06. The maximum Gasteiger partial charge on any atom is 0.194 e. The predicted molar refractivity (Wildman–Crippen MR) is 65.5 cm³/mol. The van der Waals surface area contributed by atoms with Crippen LogP contribution in [0.25, 0.3) is 0 Å². The van der Waals surface area contributed by atoms with Crippen LogP contribution in [0.4, 0.5) is 0 Å². The highest BCUT2D eigenvalue weighted by atomic mass is 16.3. The number of hydrogen-bond acceptors (Lipinski definition) is 2. The summed E-state index contributed by atoms with van der Waals surface area (Å²) in [5.41, 5.74) is -1.19. The third-order valence-electron chi connectivity index (χ3n) is 3.16. The summed E-state index contributed by atoms with van der Waals surface area (Å²) in [5, 5.41) is 10.5. The van der Waals surface area contributed by atoms with E-state index in [1.54, 1.807) is 12.1 Å². The highest BCUT2D eigenvalue weighted by Gasteiger charge is 2.45. The first-order chi connectivity index (χ1) is 7.33. The molecular formula is C14H20O2. The molecule has 2 nitrogen and oxygen atoms in total. The number of rotatable bonds is 3. The lowest BCUT2D eigenvalue weighted by molar-refractivity contribution is -0.0349. The van der Waals surface area contributed by atoms with Crippen molar-refractivity contribution in [3.8, 4) is 0 Å². The van der Waals surface area contributed by atoms with Crippen LogP contribution in [0, 0.1) is 5.41 Å². The quantitative estimate of drug-likeness (QED) is 0.795. The Bertz CT molecular complexity index is 362. The molecule has 0 radical (unpaired) electrons. The van der Waals surface area contributed by atoms with E-state index in [-0.39, 0.29) is 5.78 Å². The van der Waals surface area contributed by atoms with Crippen molar-refractivity contribution in [2.45, 2.75) is 39.7 Å². The monoisotopic (exact) mass is 220 g/mol. The minimum absolute atomic E-state index is 0.192. The largest absolute Gasteiger partial charge is 0.381 e. The van der Waals surface area contributed by atoms with Gasteiger partial charge < -0.3 is 5.11 Å². The Balaban J connectivity index is 3.13. The number of aliphatic hydroxyl groups is 1. The molecule has 2 heteroatoms. The minimum atomic E-state index is -1.30. The zero-order valence-corrected chi connectivity index (χ0v) is 10.4. The number of carbonyl (C=O) groups is 1. The Morgan fingerprint density at radius 1 is 1.19 bits per heavy atom. The third-order valence-corrected chi connectivity index (χ3v) is 3.16. The van der Waals surface area contributed by atoms with Gasteiger partial charge in [-0.15, -0.1) is 0 Å². The van der Waals surface area contributed by atoms with E-state index in [9.17, 15) is 9.90 Å². The fourth-order valence-corrected chi connectivity index (χ4v) is 1.86. The van der Waals surface area contributed by atoms with Crippen molar-refractivity contribution in [1.82, 2.24) is 0 Å². The Labute approximate surface area is 97.3 Å². The number of benzene rings is 1. The van der Waals surface area contributed by atoms with E-state index < -0.39 is 11.0 Å². The summed E-state index contributed by atoms with van der Waals surface area (Å²) in [6.45, 7) is 7.50. The lowest BCUT2D eigenvalue weighted by Crippen LogP contribution is -2.49. The van der Waals surface area contributed by atoms with Gasteiger partial charge in [-0.25, -0.2) is 0 Å². The first-order valence-corrected chi connectivity index (χ1v) is 5.65. The molecule has 1 atom stereocenters. The molecule has 16 heavy (non-hydrogen) atoms. The van der Waals surface area contributed by atoms with Gasteiger partial charge in [-0.3, -0.25) is 4.79 Å². The van der Waals surface area contributed by atoms with Gasteiger partial charge in [0.1, 0.15) is 5.60 Å². The van der Waals surface area contributed by atoms with Crippen LogP contribution < -0.4 is 0 Å². The molecule has 1 aromatic rings. The van der Waals surface area contributed by atoms with Crippen molar-refractivity contribution in [3.63, 3.8) is 0 Å². The fourth-order valence-electron chi connectivity index (χ4n) is 1.86. The van der Waals surface area contributed by atoms with Crippen LogP contribution in [-0.2, 0) is 0 Å². The molecule has 0 heterocycles. The first kappa shape index (κ1) is 12.9. The molecule has 0 spiro atoms. The summed E-state index contributed by atoms with van der Waals surface area (Å²) in [5.74, 6) is -0.192. The molecule has 1 rings (SSSR count). The normalized spacial score (nSPS) is 15.6. The number of Topliss-reactive ketones (excluding diaryl/α,β-unsaturated/α-hetero) is 1. The molecule has 0 aliphatic rings. The molecule has 0 fully saturated rings. The van der Waals surface area contributed by atoms with Gasteiger partial charge in [-0.1, -0.05) is 58.0 Å². The highest BCUT2D eigenvalue weighted by Crippen LogP contribution is 2.35. The molecule has 0 aromatic heterocycles. The molecule has 0 aliphatic carbocycles. The van der Waals surface area contributed by atoms with Crippen molar-refractivity contribution >= 4 is 5.78 Å². The van der Waals surface area contributed by atoms with Gasteiger partial charge >= 0.3 is 0 Å². The second kappa shape index (κ2) is 4.38. The van der Waals surface area contributed by atoms with Crippen LogP contribution >= 0.6 is 0 Å². The maximum absolute atomic E-state index is 12.3. The van der Waals surface area contributed by atoms with Crippen molar-refractivity contribution in [3.05, 3.63) is 35.9 Å². The van der Waals surface area contributed by atoms with Gasteiger partial charge in [-0.2, -0.15) is 0 Å². The molecule has 0 saturated carbocycles. The summed E-state index contributed by atoms with van der Waals surface area (Å²) >= 11 is 0. The molecule has 1 aromatic carbocycles. The molecule has 0 saturated heterocycles. The van der Waals surface area contributed by atoms with Crippen LogP contribution in [0.5, 0.6) is 0 Å². The molecule has 88 valence electrons. The van der Waals surface area contributed by atoms with Crippen LogP contribution in [0.3, 0.4) is 0 Å². The molecular weight excluding hydrogens is 200 g/mol. The average molecular weight is 220 g/mol. The van der Waals surface area contributed by atoms with E-state index in [4.69, 9.17) is 0 Å². The summed E-state index contributed by atoms with van der Waals surface area (Å²) in [6.07, 6.45) is 0.421. The van der Waals surface area contributed by atoms with Gasteiger partial charge in [0.2, 0.25) is 0 Å². The van der Waals surface area contributed by atoms with Crippen LogP contribution in [0.2, 0.25) is 0 Å². The molecule has 1 N–H and O–H groups in total. The standard InChI is InChI=1S/C14H20O2/c1-5-14(16,13(2,3)4)12(15)11-9-7-6-8-10-11/h6-10,16H,5H2,1-4H3. The van der Waals surface area contributed by atoms with Gasteiger partial charge in [0.15, 0.2) is 5.78 Å². The lowest BCUT2D eigenvalue weighted by atomic mass is 9.71. The highest BCUT2D eigenvalue weighted by molar-refractivity contribution is 6.02. The average Bonchev–Trinajstić information content (AvgIpc) is 2.26. The molecule has 0 aliphatic heterocycles. The molecule has 0 bridgehead atoms. The topological polar surface area (TPSA) is 37.3 Å². The van der Waals surface area contributed by atoms with E-state index in [1.165, 1.54) is 0 Å². The summed E-state index contributed by atoms with van der Waals surface area (Å²) in [4.78, 5) is 12.3. The second-order valence-corrected chi connectivity index (χ2v) is 5.16. The van der Waals surface area contributed by atoms with Crippen LogP contribution in [0.15, 0.2) is 30.3 Å². The van der Waals surface area contributed by atoms with Crippen LogP contribution in [0.1, 0.15) is 44.5 Å². The SMILES string of the molecule is CCC(O)(C(=O)c1ccccc1)C(C)(C)C. The summed E-state index contributed by atoms with van der Waals surface area (Å²) in [7, 11) is 0. The van der Waals surface area contributed by atoms with Crippen molar-refractivity contribution < 1.29 is 9.90 Å². The van der Waals surface area contributed by atoms with Gasteiger partial charge in [0.05, 0.1) is 0 Å². The summed E-state index contributed by atoms with van der Waals surface area (Å²) < 4.78 is 0. The Hall–Kier alpha value is -1.15. The van der Waals surface area contributed by atoms with Crippen molar-refractivity contribution in [1.29, 1.82) is 0 Å². The van der Waals surface area contributed by atoms with E-state index in [2.05, 4.69) is 0 Å². The molecule has 1 unspecified atom stereocenters. The fraction of sp³-hybridized carbons (Fsp3) is 0.500.